The quantitative estimate of drug-likeness (QED) is 0.658. The second-order valence-corrected chi connectivity index (χ2v) is 5.83. The van der Waals surface area contributed by atoms with Gasteiger partial charge in [0, 0.05) is 5.41 Å². The fourth-order valence-corrected chi connectivity index (χ4v) is 2.47. The topological polar surface area (TPSA) is 27.7 Å². The Morgan fingerprint density at radius 1 is 0.783 bits per heavy atom. The van der Waals surface area contributed by atoms with Crippen molar-refractivity contribution >= 4 is 0 Å². The second kappa shape index (κ2) is 8.14. The molecule has 0 radical (unpaired) electrons. The van der Waals surface area contributed by atoms with Gasteiger partial charge in [0.05, 0.1) is 13.2 Å². The van der Waals surface area contributed by atoms with Gasteiger partial charge >= 0.3 is 6.48 Å². The Balaban J connectivity index is 2.12. The molecule has 0 saturated carbocycles. The molecule has 2 rings (SSSR count). The Kier molecular flexibility index (Phi) is 6.20. The lowest BCUT2D eigenvalue weighted by atomic mass is 9.78. The standard InChI is InChI=1S/C20H26O3/c1-5-21-19(22-6-2)23-18-14-12-17(13-15-18)20(3,4)16-10-8-7-9-11-16/h7-15,19H,5-6H2,1-4H3. The molecule has 0 spiro atoms. The van der Waals surface area contributed by atoms with Crippen LogP contribution >= 0.6 is 0 Å². The van der Waals surface area contributed by atoms with Crippen LogP contribution in [-0.2, 0) is 14.9 Å². The SMILES string of the molecule is CCOC(OCC)Oc1ccc(C(C)(C)c2ccccc2)cc1. The highest BCUT2D eigenvalue weighted by molar-refractivity contribution is 5.39. The van der Waals surface area contributed by atoms with Gasteiger partial charge in [0.1, 0.15) is 5.75 Å². The summed E-state index contributed by atoms with van der Waals surface area (Å²) in [4.78, 5) is 0. The molecular weight excluding hydrogens is 288 g/mol. The fraction of sp³-hybridized carbons (Fsp3) is 0.400. The number of benzene rings is 2. The summed E-state index contributed by atoms with van der Waals surface area (Å²) < 4.78 is 16.5. The summed E-state index contributed by atoms with van der Waals surface area (Å²) >= 11 is 0. The molecule has 0 saturated heterocycles. The first kappa shape index (κ1) is 17.5. The average Bonchev–Trinajstić information content (AvgIpc) is 2.57. The molecule has 0 fully saturated rings. The lowest BCUT2D eigenvalue weighted by Crippen LogP contribution is -2.24. The van der Waals surface area contributed by atoms with Crippen molar-refractivity contribution in [3.8, 4) is 5.75 Å². The monoisotopic (exact) mass is 314 g/mol. The molecule has 0 unspecified atom stereocenters. The Morgan fingerprint density at radius 3 is 1.83 bits per heavy atom. The maximum absolute atomic E-state index is 5.72. The van der Waals surface area contributed by atoms with Crippen LogP contribution in [0.15, 0.2) is 54.6 Å². The predicted molar refractivity (Wildman–Crippen MR) is 92.7 cm³/mol. The van der Waals surface area contributed by atoms with Gasteiger partial charge in [-0.3, -0.25) is 0 Å². The van der Waals surface area contributed by atoms with Gasteiger partial charge in [0.25, 0.3) is 0 Å². The summed E-state index contributed by atoms with van der Waals surface area (Å²) in [5.41, 5.74) is 2.47. The van der Waals surface area contributed by atoms with E-state index < -0.39 is 6.48 Å². The van der Waals surface area contributed by atoms with E-state index in [1.165, 1.54) is 11.1 Å². The normalized spacial score (nSPS) is 11.7. The molecule has 0 aliphatic rings. The van der Waals surface area contributed by atoms with Crippen LogP contribution in [0, 0.1) is 0 Å². The van der Waals surface area contributed by atoms with Crippen molar-refractivity contribution in [3.05, 3.63) is 65.7 Å². The molecule has 0 N–H and O–H groups in total. The minimum atomic E-state index is -0.655. The van der Waals surface area contributed by atoms with Crippen molar-refractivity contribution in [1.29, 1.82) is 0 Å². The Labute approximate surface area is 139 Å². The van der Waals surface area contributed by atoms with Crippen LogP contribution in [0.5, 0.6) is 5.75 Å². The van der Waals surface area contributed by atoms with E-state index in [0.29, 0.717) is 13.2 Å². The average molecular weight is 314 g/mol. The van der Waals surface area contributed by atoms with Crippen molar-refractivity contribution in [3.63, 3.8) is 0 Å². The second-order valence-electron chi connectivity index (χ2n) is 5.83. The molecule has 0 aliphatic carbocycles. The summed E-state index contributed by atoms with van der Waals surface area (Å²) in [5, 5.41) is 0. The van der Waals surface area contributed by atoms with E-state index in [1.54, 1.807) is 0 Å². The van der Waals surface area contributed by atoms with Gasteiger partial charge in [0.2, 0.25) is 0 Å². The van der Waals surface area contributed by atoms with Gasteiger partial charge in [-0.05, 0) is 37.1 Å². The summed E-state index contributed by atoms with van der Waals surface area (Å²) in [6.45, 7) is 8.72. The summed E-state index contributed by atoms with van der Waals surface area (Å²) in [6.07, 6.45) is 0. The number of hydrogen-bond acceptors (Lipinski definition) is 3. The molecule has 0 atom stereocenters. The smallest absolute Gasteiger partial charge is 0.315 e. The maximum atomic E-state index is 5.72. The van der Waals surface area contributed by atoms with Gasteiger partial charge in [-0.25, -0.2) is 0 Å². The van der Waals surface area contributed by atoms with Crippen molar-refractivity contribution in [2.24, 2.45) is 0 Å². The maximum Gasteiger partial charge on any atom is 0.315 e. The Hall–Kier alpha value is -1.84. The molecule has 0 bridgehead atoms. The molecule has 3 heteroatoms. The molecule has 124 valence electrons. The van der Waals surface area contributed by atoms with E-state index >= 15 is 0 Å². The minimum Gasteiger partial charge on any atom is -0.441 e. The highest BCUT2D eigenvalue weighted by Gasteiger charge is 2.22. The van der Waals surface area contributed by atoms with E-state index in [2.05, 4.69) is 50.2 Å². The van der Waals surface area contributed by atoms with E-state index in [-0.39, 0.29) is 5.41 Å². The largest absolute Gasteiger partial charge is 0.441 e. The van der Waals surface area contributed by atoms with Gasteiger partial charge in [-0.2, -0.15) is 0 Å². The number of ether oxygens (including phenoxy) is 3. The highest BCUT2D eigenvalue weighted by Crippen LogP contribution is 2.32. The minimum absolute atomic E-state index is 0.0565. The molecular formula is C20H26O3. The third kappa shape index (κ3) is 4.57. The summed E-state index contributed by atoms with van der Waals surface area (Å²) in [7, 11) is 0. The molecule has 0 aliphatic heterocycles. The van der Waals surface area contributed by atoms with Crippen LogP contribution in [0.4, 0.5) is 0 Å². The van der Waals surface area contributed by atoms with Crippen molar-refractivity contribution in [1.82, 2.24) is 0 Å². The first-order chi connectivity index (χ1) is 11.1. The van der Waals surface area contributed by atoms with Crippen molar-refractivity contribution in [2.45, 2.75) is 39.6 Å². The Bertz CT molecular complexity index is 570. The van der Waals surface area contributed by atoms with E-state index in [4.69, 9.17) is 14.2 Å². The third-order valence-electron chi connectivity index (χ3n) is 3.91. The Morgan fingerprint density at radius 2 is 1.30 bits per heavy atom. The summed E-state index contributed by atoms with van der Waals surface area (Å²) in [6, 6.07) is 18.6. The van der Waals surface area contributed by atoms with Gasteiger partial charge in [-0.15, -0.1) is 0 Å². The zero-order valence-electron chi connectivity index (χ0n) is 14.4. The number of hydrogen-bond donors (Lipinski definition) is 0. The van der Waals surface area contributed by atoms with E-state index in [0.717, 1.165) is 5.75 Å². The third-order valence-corrected chi connectivity index (χ3v) is 3.91. The number of rotatable bonds is 8. The zero-order chi connectivity index (χ0) is 16.7. The van der Waals surface area contributed by atoms with E-state index in [9.17, 15) is 0 Å². The summed E-state index contributed by atoms with van der Waals surface area (Å²) in [5.74, 6) is 0.740. The lowest BCUT2D eigenvalue weighted by molar-refractivity contribution is -0.242. The lowest BCUT2D eigenvalue weighted by Gasteiger charge is -2.26. The van der Waals surface area contributed by atoms with Crippen molar-refractivity contribution in [2.75, 3.05) is 13.2 Å². The van der Waals surface area contributed by atoms with Crippen LogP contribution in [-0.4, -0.2) is 19.7 Å². The van der Waals surface area contributed by atoms with Crippen LogP contribution in [0.25, 0.3) is 0 Å². The molecule has 2 aromatic rings. The van der Waals surface area contributed by atoms with Gasteiger partial charge in [-0.1, -0.05) is 56.3 Å². The zero-order valence-corrected chi connectivity index (χ0v) is 14.4. The first-order valence-electron chi connectivity index (χ1n) is 8.13. The molecule has 0 heterocycles. The van der Waals surface area contributed by atoms with Crippen LogP contribution in [0.2, 0.25) is 0 Å². The van der Waals surface area contributed by atoms with E-state index in [1.807, 2.05) is 32.0 Å². The molecule has 2 aromatic carbocycles. The van der Waals surface area contributed by atoms with Crippen LogP contribution < -0.4 is 4.74 Å². The predicted octanol–water partition coefficient (Wildman–Crippen LogP) is 4.75. The van der Waals surface area contributed by atoms with Crippen LogP contribution in [0.1, 0.15) is 38.8 Å². The first-order valence-corrected chi connectivity index (χ1v) is 8.13. The van der Waals surface area contributed by atoms with Crippen LogP contribution in [0.3, 0.4) is 0 Å². The molecule has 3 nitrogen and oxygen atoms in total. The molecule has 23 heavy (non-hydrogen) atoms. The molecule has 0 amide bonds. The molecule has 0 aromatic heterocycles. The van der Waals surface area contributed by atoms with Gasteiger partial charge in [0.15, 0.2) is 0 Å². The highest BCUT2D eigenvalue weighted by atomic mass is 16.8. The van der Waals surface area contributed by atoms with Crippen molar-refractivity contribution < 1.29 is 14.2 Å². The van der Waals surface area contributed by atoms with Gasteiger partial charge < -0.3 is 14.2 Å². The fourth-order valence-electron chi connectivity index (χ4n) is 2.47.